The van der Waals surface area contributed by atoms with Crippen LogP contribution in [0.4, 0.5) is 8.78 Å². The molecule has 1 amide bonds. The molecule has 1 aromatic rings. The molecule has 1 unspecified atom stereocenters. The predicted molar refractivity (Wildman–Crippen MR) is 70.9 cm³/mol. The van der Waals surface area contributed by atoms with E-state index >= 15 is 0 Å². The summed E-state index contributed by atoms with van der Waals surface area (Å²) >= 11 is 0. The standard InChI is InChI=1S/C14H16F2N2O3/c1-9(14(20)21)17-5-7-18(8-6-17)13(19)10-3-2-4-11(15)12(10)16/h2-4,9H,5-8H2,1H3,(H,20,21). The van der Waals surface area contributed by atoms with E-state index in [1.807, 2.05) is 0 Å². The number of hydrogen-bond donors (Lipinski definition) is 1. The Bertz CT molecular complexity index is 557. The van der Waals surface area contributed by atoms with Crippen molar-refractivity contribution in [1.29, 1.82) is 0 Å². The van der Waals surface area contributed by atoms with Gasteiger partial charge in [-0.05, 0) is 19.1 Å². The minimum absolute atomic E-state index is 0.284. The zero-order valence-corrected chi connectivity index (χ0v) is 11.6. The molecule has 1 aliphatic heterocycles. The van der Waals surface area contributed by atoms with E-state index < -0.39 is 29.6 Å². The fraction of sp³-hybridized carbons (Fsp3) is 0.429. The molecule has 1 aliphatic rings. The molecule has 1 fully saturated rings. The normalized spacial score (nSPS) is 17.6. The Morgan fingerprint density at radius 1 is 1.19 bits per heavy atom. The molecular weight excluding hydrogens is 282 g/mol. The predicted octanol–water partition coefficient (Wildman–Crippen LogP) is 1.20. The van der Waals surface area contributed by atoms with Crippen molar-refractivity contribution in [1.82, 2.24) is 9.80 Å². The van der Waals surface area contributed by atoms with Gasteiger partial charge in [-0.2, -0.15) is 0 Å². The van der Waals surface area contributed by atoms with E-state index in [2.05, 4.69) is 0 Å². The van der Waals surface area contributed by atoms with E-state index in [1.54, 1.807) is 11.8 Å². The first-order valence-electron chi connectivity index (χ1n) is 6.62. The zero-order valence-electron chi connectivity index (χ0n) is 11.6. The number of aliphatic carboxylic acids is 1. The van der Waals surface area contributed by atoms with Crippen LogP contribution < -0.4 is 0 Å². The molecule has 0 spiro atoms. The second-order valence-corrected chi connectivity index (χ2v) is 4.94. The van der Waals surface area contributed by atoms with E-state index in [0.29, 0.717) is 13.1 Å². The highest BCUT2D eigenvalue weighted by atomic mass is 19.2. The Labute approximate surface area is 120 Å². The molecule has 7 heteroatoms. The third-order valence-electron chi connectivity index (χ3n) is 3.69. The van der Waals surface area contributed by atoms with Gasteiger partial charge in [0.1, 0.15) is 6.04 Å². The maximum Gasteiger partial charge on any atom is 0.320 e. The van der Waals surface area contributed by atoms with Crippen molar-refractivity contribution in [2.45, 2.75) is 13.0 Å². The van der Waals surface area contributed by atoms with Crippen LogP contribution in [0.5, 0.6) is 0 Å². The smallest absolute Gasteiger partial charge is 0.320 e. The van der Waals surface area contributed by atoms with Crippen molar-refractivity contribution < 1.29 is 23.5 Å². The molecule has 1 N–H and O–H groups in total. The molecule has 21 heavy (non-hydrogen) atoms. The summed E-state index contributed by atoms with van der Waals surface area (Å²) in [7, 11) is 0. The molecule has 1 saturated heterocycles. The van der Waals surface area contributed by atoms with Crippen LogP contribution in [-0.2, 0) is 4.79 Å². The SMILES string of the molecule is CC(C(=O)O)N1CCN(C(=O)c2cccc(F)c2F)CC1. The Hall–Kier alpha value is -2.02. The van der Waals surface area contributed by atoms with Crippen LogP contribution in [0, 0.1) is 11.6 Å². The minimum atomic E-state index is -1.15. The van der Waals surface area contributed by atoms with Crippen LogP contribution in [0.2, 0.25) is 0 Å². The lowest BCUT2D eigenvalue weighted by atomic mass is 10.1. The van der Waals surface area contributed by atoms with E-state index in [-0.39, 0.29) is 18.7 Å². The van der Waals surface area contributed by atoms with Crippen molar-refractivity contribution in [3.8, 4) is 0 Å². The van der Waals surface area contributed by atoms with Crippen LogP contribution in [0.15, 0.2) is 18.2 Å². The molecule has 1 aromatic carbocycles. The van der Waals surface area contributed by atoms with Gasteiger partial charge in [0.05, 0.1) is 5.56 Å². The van der Waals surface area contributed by atoms with Crippen molar-refractivity contribution in [2.75, 3.05) is 26.2 Å². The Balaban J connectivity index is 2.04. The number of rotatable bonds is 3. The third kappa shape index (κ3) is 3.18. The molecule has 1 heterocycles. The summed E-state index contributed by atoms with van der Waals surface area (Å²) < 4.78 is 26.8. The number of hydrogen-bond acceptors (Lipinski definition) is 3. The summed E-state index contributed by atoms with van der Waals surface area (Å²) in [6.45, 7) is 2.91. The molecule has 2 rings (SSSR count). The maximum absolute atomic E-state index is 13.6. The van der Waals surface area contributed by atoms with E-state index in [4.69, 9.17) is 5.11 Å². The minimum Gasteiger partial charge on any atom is -0.480 e. The van der Waals surface area contributed by atoms with Gasteiger partial charge in [0.25, 0.3) is 5.91 Å². The Morgan fingerprint density at radius 3 is 2.38 bits per heavy atom. The summed E-state index contributed by atoms with van der Waals surface area (Å²) in [5.41, 5.74) is -0.297. The third-order valence-corrected chi connectivity index (χ3v) is 3.69. The van der Waals surface area contributed by atoms with Gasteiger partial charge in [0, 0.05) is 26.2 Å². The second-order valence-electron chi connectivity index (χ2n) is 4.94. The maximum atomic E-state index is 13.6. The lowest BCUT2D eigenvalue weighted by Crippen LogP contribution is -2.53. The molecule has 5 nitrogen and oxygen atoms in total. The first-order valence-corrected chi connectivity index (χ1v) is 6.62. The molecule has 0 aromatic heterocycles. The number of carboxylic acid groups (broad SMARTS) is 1. The van der Waals surface area contributed by atoms with E-state index in [9.17, 15) is 18.4 Å². The molecule has 1 atom stereocenters. The van der Waals surface area contributed by atoms with E-state index in [1.165, 1.54) is 17.0 Å². The quantitative estimate of drug-likeness (QED) is 0.911. The highest BCUT2D eigenvalue weighted by Gasteiger charge is 2.28. The number of carbonyl (C=O) groups excluding carboxylic acids is 1. The molecule has 0 saturated carbocycles. The van der Waals surface area contributed by atoms with Crippen LogP contribution in [0.3, 0.4) is 0 Å². The summed E-state index contributed by atoms with van der Waals surface area (Å²) in [5.74, 6) is -3.71. The molecule has 0 radical (unpaired) electrons. The number of amides is 1. The molecule has 0 bridgehead atoms. The van der Waals surface area contributed by atoms with Gasteiger partial charge in [-0.25, -0.2) is 8.78 Å². The Morgan fingerprint density at radius 2 is 1.81 bits per heavy atom. The van der Waals surface area contributed by atoms with Gasteiger partial charge >= 0.3 is 5.97 Å². The highest BCUT2D eigenvalue weighted by Crippen LogP contribution is 2.16. The first kappa shape index (κ1) is 15.4. The van der Waals surface area contributed by atoms with Crippen molar-refractivity contribution in [3.05, 3.63) is 35.4 Å². The topological polar surface area (TPSA) is 60.9 Å². The van der Waals surface area contributed by atoms with Crippen LogP contribution in [0.25, 0.3) is 0 Å². The van der Waals surface area contributed by atoms with Gasteiger partial charge in [-0.3, -0.25) is 14.5 Å². The number of halogens is 2. The zero-order chi connectivity index (χ0) is 15.6. The van der Waals surface area contributed by atoms with Crippen LogP contribution >= 0.6 is 0 Å². The fourth-order valence-electron chi connectivity index (χ4n) is 2.31. The fourth-order valence-corrected chi connectivity index (χ4v) is 2.31. The molecule has 0 aliphatic carbocycles. The largest absolute Gasteiger partial charge is 0.480 e. The molecule has 114 valence electrons. The average Bonchev–Trinajstić information content (AvgIpc) is 2.48. The number of carboxylic acids is 1. The van der Waals surface area contributed by atoms with Gasteiger partial charge < -0.3 is 10.0 Å². The lowest BCUT2D eigenvalue weighted by molar-refractivity contribution is -0.143. The highest BCUT2D eigenvalue weighted by molar-refractivity contribution is 5.94. The van der Waals surface area contributed by atoms with Crippen molar-refractivity contribution >= 4 is 11.9 Å². The summed E-state index contributed by atoms with van der Waals surface area (Å²) in [4.78, 5) is 26.2. The van der Waals surface area contributed by atoms with Crippen LogP contribution in [-0.4, -0.2) is 59.0 Å². The summed E-state index contributed by atoms with van der Waals surface area (Å²) in [5, 5.41) is 8.94. The number of nitrogens with zero attached hydrogens (tertiary/aromatic N) is 2. The lowest BCUT2D eigenvalue weighted by Gasteiger charge is -2.36. The van der Waals surface area contributed by atoms with Crippen LogP contribution in [0.1, 0.15) is 17.3 Å². The number of benzene rings is 1. The Kier molecular flexibility index (Phi) is 4.52. The van der Waals surface area contributed by atoms with Gasteiger partial charge in [0.2, 0.25) is 0 Å². The number of piperazine rings is 1. The summed E-state index contributed by atoms with van der Waals surface area (Å²) in [6, 6.07) is 2.85. The first-order chi connectivity index (χ1) is 9.91. The molecular formula is C14H16F2N2O3. The second kappa shape index (κ2) is 6.17. The van der Waals surface area contributed by atoms with Gasteiger partial charge in [-0.15, -0.1) is 0 Å². The van der Waals surface area contributed by atoms with Gasteiger partial charge in [0.15, 0.2) is 11.6 Å². The summed E-state index contributed by atoms with van der Waals surface area (Å²) in [6.07, 6.45) is 0. The average molecular weight is 298 g/mol. The van der Waals surface area contributed by atoms with Crippen molar-refractivity contribution in [3.63, 3.8) is 0 Å². The van der Waals surface area contributed by atoms with Crippen molar-refractivity contribution in [2.24, 2.45) is 0 Å². The number of carbonyl (C=O) groups is 2. The monoisotopic (exact) mass is 298 g/mol. The van der Waals surface area contributed by atoms with Gasteiger partial charge in [-0.1, -0.05) is 6.07 Å². The van der Waals surface area contributed by atoms with E-state index in [0.717, 1.165) is 6.07 Å².